The Bertz CT molecular complexity index is 734. The molecule has 0 aromatic heterocycles. The molecule has 1 fully saturated rings. The number of aliphatic carboxylic acids is 1. The first-order valence-electron chi connectivity index (χ1n) is 10.1. The molecule has 1 aromatic carbocycles. The summed E-state index contributed by atoms with van der Waals surface area (Å²) >= 11 is 0. The molecule has 1 aliphatic rings. The van der Waals surface area contributed by atoms with Gasteiger partial charge in [-0.2, -0.15) is 0 Å². The SMILES string of the molecule is CN(C(=N)NC(=O)OCCOC(=O)Cc1ccccc1)C(C(=O)O)C1CCCCC1. The molecule has 1 aromatic rings. The fourth-order valence-corrected chi connectivity index (χ4v) is 3.60. The summed E-state index contributed by atoms with van der Waals surface area (Å²) in [6, 6.07) is 8.24. The zero-order valence-corrected chi connectivity index (χ0v) is 17.1. The van der Waals surface area contributed by atoms with Crippen molar-refractivity contribution in [3.63, 3.8) is 0 Å². The highest BCUT2D eigenvalue weighted by Crippen LogP contribution is 2.28. The maximum absolute atomic E-state index is 11.9. The molecule has 30 heavy (non-hydrogen) atoms. The minimum atomic E-state index is -1.02. The lowest BCUT2D eigenvalue weighted by Gasteiger charge is -2.34. The molecule has 0 saturated heterocycles. The molecule has 164 valence electrons. The van der Waals surface area contributed by atoms with Crippen LogP contribution >= 0.6 is 0 Å². The molecule has 9 heteroatoms. The van der Waals surface area contributed by atoms with Crippen molar-refractivity contribution in [3.8, 4) is 0 Å². The van der Waals surface area contributed by atoms with Crippen LogP contribution in [0.25, 0.3) is 0 Å². The average Bonchev–Trinajstić information content (AvgIpc) is 2.72. The van der Waals surface area contributed by atoms with Crippen LogP contribution in [-0.4, -0.2) is 60.3 Å². The fourth-order valence-electron chi connectivity index (χ4n) is 3.60. The van der Waals surface area contributed by atoms with Crippen LogP contribution in [0.15, 0.2) is 30.3 Å². The Balaban J connectivity index is 1.70. The number of alkyl carbamates (subject to hydrolysis) is 1. The Kier molecular flexibility index (Phi) is 9.11. The molecule has 1 unspecified atom stereocenters. The number of hydrogen-bond donors (Lipinski definition) is 3. The van der Waals surface area contributed by atoms with Crippen LogP contribution in [0.1, 0.15) is 37.7 Å². The second-order valence-electron chi connectivity index (χ2n) is 7.28. The highest BCUT2D eigenvalue weighted by molar-refractivity contribution is 5.94. The number of likely N-dealkylation sites (N-methyl/N-ethyl adjacent to an activating group) is 1. The summed E-state index contributed by atoms with van der Waals surface area (Å²) in [4.78, 5) is 36.6. The maximum Gasteiger partial charge on any atom is 0.414 e. The second-order valence-corrected chi connectivity index (χ2v) is 7.28. The molecule has 9 nitrogen and oxygen atoms in total. The van der Waals surface area contributed by atoms with E-state index < -0.39 is 24.1 Å². The van der Waals surface area contributed by atoms with Gasteiger partial charge in [0.2, 0.25) is 5.96 Å². The zero-order chi connectivity index (χ0) is 21.9. The van der Waals surface area contributed by atoms with Crippen LogP contribution in [0.4, 0.5) is 4.79 Å². The van der Waals surface area contributed by atoms with E-state index in [9.17, 15) is 19.5 Å². The van der Waals surface area contributed by atoms with E-state index >= 15 is 0 Å². The molecule has 0 aliphatic heterocycles. The Morgan fingerprint density at radius 1 is 1.13 bits per heavy atom. The number of amides is 1. The van der Waals surface area contributed by atoms with Crippen LogP contribution in [0.3, 0.4) is 0 Å². The van der Waals surface area contributed by atoms with E-state index in [1.165, 1.54) is 11.9 Å². The molecular weight excluding hydrogens is 390 g/mol. The van der Waals surface area contributed by atoms with Gasteiger partial charge in [-0.15, -0.1) is 0 Å². The van der Waals surface area contributed by atoms with Gasteiger partial charge in [0, 0.05) is 7.05 Å². The lowest BCUT2D eigenvalue weighted by atomic mass is 9.83. The molecule has 0 spiro atoms. The lowest BCUT2D eigenvalue weighted by Crippen LogP contribution is -2.52. The minimum Gasteiger partial charge on any atom is -0.480 e. The Morgan fingerprint density at radius 3 is 2.40 bits per heavy atom. The molecule has 3 N–H and O–H groups in total. The van der Waals surface area contributed by atoms with E-state index in [1.807, 2.05) is 30.3 Å². The van der Waals surface area contributed by atoms with Crippen molar-refractivity contribution in [1.29, 1.82) is 5.41 Å². The predicted octanol–water partition coefficient (Wildman–Crippen LogP) is 2.40. The molecule has 0 radical (unpaired) electrons. The van der Waals surface area contributed by atoms with Gasteiger partial charge in [0.1, 0.15) is 19.3 Å². The Morgan fingerprint density at radius 2 is 1.77 bits per heavy atom. The Labute approximate surface area is 175 Å². The van der Waals surface area contributed by atoms with Crippen molar-refractivity contribution in [2.75, 3.05) is 20.3 Å². The highest BCUT2D eigenvalue weighted by atomic mass is 16.6. The molecule has 1 amide bonds. The van der Waals surface area contributed by atoms with Gasteiger partial charge in [0.15, 0.2) is 0 Å². The molecule has 0 bridgehead atoms. The van der Waals surface area contributed by atoms with E-state index in [0.29, 0.717) is 0 Å². The number of benzene rings is 1. The van der Waals surface area contributed by atoms with E-state index in [4.69, 9.17) is 14.9 Å². The maximum atomic E-state index is 11.9. The molecule has 1 saturated carbocycles. The molecule has 1 atom stereocenters. The number of esters is 1. The van der Waals surface area contributed by atoms with Gasteiger partial charge in [-0.25, -0.2) is 9.59 Å². The van der Waals surface area contributed by atoms with Crippen molar-refractivity contribution in [2.24, 2.45) is 5.92 Å². The van der Waals surface area contributed by atoms with Crippen LogP contribution in [-0.2, 0) is 25.5 Å². The summed E-state index contributed by atoms with van der Waals surface area (Å²) in [6.45, 7) is -0.281. The summed E-state index contributed by atoms with van der Waals surface area (Å²) in [7, 11) is 1.47. The summed E-state index contributed by atoms with van der Waals surface area (Å²) < 4.78 is 9.92. The van der Waals surface area contributed by atoms with Crippen LogP contribution in [0.5, 0.6) is 0 Å². The van der Waals surface area contributed by atoms with Gasteiger partial charge in [0.05, 0.1) is 6.42 Å². The first kappa shape index (κ1) is 23.2. The van der Waals surface area contributed by atoms with Gasteiger partial charge in [-0.05, 0) is 24.3 Å². The number of carboxylic acid groups (broad SMARTS) is 1. The number of ether oxygens (including phenoxy) is 2. The Hall–Kier alpha value is -3.10. The van der Waals surface area contributed by atoms with Gasteiger partial charge in [-0.3, -0.25) is 15.5 Å². The normalized spacial score (nSPS) is 15.0. The molecule has 1 aliphatic carbocycles. The summed E-state index contributed by atoms with van der Waals surface area (Å²) in [6.07, 6.45) is 3.81. The number of rotatable bonds is 8. The van der Waals surface area contributed by atoms with E-state index in [1.54, 1.807) is 0 Å². The zero-order valence-electron chi connectivity index (χ0n) is 17.1. The van der Waals surface area contributed by atoms with Gasteiger partial charge in [-0.1, -0.05) is 49.6 Å². The summed E-state index contributed by atoms with van der Waals surface area (Å²) in [5, 5.41) is 19.8. The smallest absolute Gasteiger partial charge is 0.414 e. The summed E-state index contributed by atoms with van der Waals surface area (Å²) in [5.41, 5.74) is 0.823. The first-order chi connectivity index (χ1) is 14.4. The number of nitrogens with one attached hydrogen (secondary N) is 2. The second kappa shape index (κ2) is 11.8. The number of carbonyl (C=O) groups is 3. The number of nitrogens with zero attached hydrogens (tertiary/aromatic N) is 1. The predicted molar refractivity (Wildman–Crippen MR) is 109 cm³/mol. The third-order valence-electron chi connectivity index (χ3n) is 5.11. The van der Waals surface area contributed by atoms with Gasteiger partial charge in [0.25, 0.3) is 0 Å². The van der Waals surface area contributed by atoms with Crippen molar-refractivity contribution in [3.05, 3.63) is 35.9 Å². The van der Waals surface area contributed by atoms with Crippen LogP contribution in [0, 0.1) is 11.3 Å². The third-order valence-corrected chi connectivity index (χ3v) is 5.11. The first-order valence-corrected chi connectivity index (χ1v) is 10.1. The van der Waals surface area contributed by atoms with Crippen molar-refractivity contribution < 1.29 is 29.0 Å². The van der Waals surface area contributed by atoms with E-state index in [2.05, 4.69) is 5.32 Å². The number of carboxylic acids is 1. The highest BCUT2D eigenvalue weighted by Gasteiger charge is 2.34. The standard InChI is InChI=1S/C21H29N3O6/c1-24(18(19(26)27)16-10-6-3-7-11-16)20(22)23-21(28)30-13-12-29-17(25)14-15-8-4-2-5-9-15/h2,4-5,8-9,16,18H,3,6-7,10-14H2,1H3,(H,26,27)(H2,22,23,28). The average molecular weight is 419 g/mol. The van der Waals surface area contributed by atoms with Gasteiger partial charge < -0.3 is 19.5 Å². The quantitative estimate of drug-likeness (QED) is 0.255. The largest absolute Gasteiger partial charge is 0.480 e. The number of guanidine groups is 1. The summed E-state index contributed by atoms with van der Waals surface area (Å²) in [5.74, 6) is -1.87. The third kappa shape index (κ3) is 7.38. The lowest BCUT2D eigenvalue weighted by molar-refractivity contribution is -0.144. The van der Waals surface area contributed by atoms with Crippen molar-refractivity contribution in [1.82, 2.24) is 10.2 Å². The number of carbonyl (C=O) groups excluding carboxylic acids is 2. The van der Waals surface area contributed by atoms with E-state index in [0.717, 1.165) is 37.7 Å². The molecule has 0 heterocycles. The van der Waals surface area contributed by atoms with Crippen molar-refractivity contribution >= 4 is 24.0 Å². The topological polar surface area (TPSA) is 129 Å². The van der Waals surface area contributed by atoms with Crippen LogP contribution in [0.2, 0.25) is 0 Å². The monoisotopic (exact) mass is 419 g/mol. The van der Waals surface area contributed by atoms with Crippen LogP contribution < -0.4 is 5.32 Å². The van der Waals surface area contributed by atoms with Gasteiger partial charge >= 0.3 is 18.0 Å². The van der Waals surface area contributed by atoms with Crippen molar-refractivity contribution in [2.45, 2.75) is 44.6 Å². The number of hydrogen-bond acceptors (Lipinski definition) is 6. The van der Waals surface area contributed by atoms with E-state index in [-0.39, 0.29) is 31.5 Å². The fraction of sp³-hybridized carbons (Fsp3) is 0.524. The molecular formula is C21H29N3O6. The minimum absolute atomic E-state index is 0.0663. The molecule has 2 rings (SSSR count).